The molecule has 0 aliphatic carbocycles. The molecule has 0 saturated carbocycles. The summed E-state index contributed by atoms with van der Waals surface area (Å²) in [7, 11) is 0. The molecule has 0 amide bonds. The van der Waals surface area contributed by atoms with Crippen LogP contribution in [0.5, 0.6) is 0 Å². The second-order valence-corrected chi connectivity index (χ2v) is 0. The standard InChI is InChI=1S/Ag.3BrH/h;3*1H/q+1;;;/p-3. The summed E-state index contributed by atoms with van der Waals surface area (Å²) in [5, 5.41) is 0. The normalized spacial score (nSPS) is 0. The predicted octanol–water partition coefficient (Wildman–Crippen LogP) is -8.99. The quantitative estimate of drug-likeness (QED) is 0.382. The van der Waals surface area contributed by atoms with Gasteiger partial charge in [0.2, 0.25) is 0 Å². The zero-order chi connectivity index (χ0) is 0. The molecule has 0 aliphatic rings. The summed E-state index contributed by atoms with van der Waals surface area (Å²) in [5.74, 6) is 0. The first-order chi connectivity index (χ1) is 0. The number of halogens is 3. The summed E-state index contributed by atoms with van der Waals surface area (Å²) in [6.07, 6.45) is 0. The second-order valence-electron chi connectivity index (χ2n) is 0. The van der Waals surface area contributed by atoms with Crippen LogP contribution < -0.4 is 50.9 Å². The van der Waals surface area contributed by atoms with Crippen molar-refractivity contribution in [3.63, 3.8) is 0 Å². The molecule has 0 spiro atoms. The van der Waals surface area contributed by atoms with E-state index in [1.54, 1.807) is 0 Å². The van der Waals surface area contributed by atoms with Crippen LogP contribution in [0, 0.1) is 0 Å². The average molecular weight is 348 g/mol. The van der Waals surface area contributed by atoms with Gasteiger partial charge in [-0.3, -0.25) is 0 Å². The molecule has 0 atom stereocenters. The Hall–Kier alpha value is 2.18. The van der Waals surface area contributed by atoms with Gasteiger partial charge in [-0.15, -0.1) is 0 Å². The Labute approximate surface area is 72.5 Å². The average Bonchev–Trinajstić information content (AvgIpc) is 0. The van der Waals surface area contributed by atoms with Gasteiger partial charge in [0.05, 0.1) is 0 Å². The zero-order valence-corrected chi connectivity index (χ0v) is 7.68. The van der Waals surface area contributed by atoms with Crippen molar-refractivity contribution in [2.75, 3.05) is 0 Å². The third kappa shape index (κ3) is 8.89. The molecule has 0 unspecified atom stereocenters. The minimum absolute atomic E-state index is 0. The van der Waals surface area contributed by atoms with Crippen molar-refractivity contribution >= 4 is 0 Å². The molecule has 0 rings (SSSR count). The van der Waals surface area contributed by atoms with Gasteiger partial charge in [-0.1, -0.05) is 0 Å². The third-order valence-electron chi connectivity index (χ3n) is 0. The first kappa shape index (κ1) is 34.9. The molecule has 0 aromatic heterocycles. The fourth-order valence-electron chi connectivity index (χ4n) is 0. The predicted molar refractivity (Wildman–Crippen MR) is 0 cm³/mol. The van der Waals surface area contributed by atoms with Gasteiger partial charge < -0.3 is 50.9 Å². The van der Waals surface area contributed by atoms with E-state index in [0.29, 0.717) is 0 Å². The first-order valence-corrected chi connectivity index (χ1v) is 0. The van der Waals surface area contributed by atoms with Crippen LogP contribution in [0.3, 0.4) is 0 Å². The molecule has 0 nitrogen and oxygen atoms in total. The minimum Gasteiger partial charge on any atom is -1.00 e. The van der Waals surface area contributed by atoms with Crippen LogP contribution >= 0.6 is 0 Å². The molecule has 4 heavy (non-hydrogen) atoms. The fourth-order valence-corrected chi connectivity index (χ4v) is 0. The molecule has 0 aliphatic heterocycles. The Morgan fingerprint density at radius 2 is 0.500 bits per heavy atom. The van der Waals surface area contributed by atoms with E-state index in [-0.39, 0.29) is 73.3 Å². The third-order valence-corrected chi connectivity index (χ3v) is 0. The van der Waals surface area contributed by atoms with Gasteiger partial charge in [0.25, 0.3) is 0 Å². The first-order valence-electron chi connectivity index (χ1n) is 0. The Kier molecular flexibility index (Phi) is 166. The molecule has 0 radical (unpaired) electrons. The van der Waals surface area contributed by atoms with Crippen LogP contribution in [-0.2, 0) is 22.4 Å². The van der Waals surface area contributed by atoms with Crippen molar-refractivity contribution in [2.24, 2.45) is 0 Å². The van der Waals surface area contributed by atoms with E-state index >= 15 is 0 Å². The van der Waals surface area contributed by atoms with E-state index in [2.05, 4.69) is 0 Å². The molecule has 0 fully saturated rings. The number of hydrogen-bond acceptors (Lipinski definition) is 0. The molecule has 0 bridgehead atoms. The van der Waals surface area contributed by atoms with E-state index in [9.17, 15) is 0 Å². The van der Waals surface area contributed by atoms with Gasteiger partial charge in [0, 0.05) is 0 Å². The summed E-state index contributed by atoms with van der Waals surface area (Å²) in [6.45, 7) is 0. The van der Waals surface area contributed by atoms with Gasteiger partial charge in [0.15, 0.2) is 0 Å². The maximum atomic E-state index is 0. The summed E-state index contributed by atoms with van der Waals surface area (Å²) in [5.41, 5.74) is 0. The van der Waals surface area contributed by atoms with Crippen LogP contribution in [0.1, 0.15) is 0 Å². The SMILES string of the molecule is [Ag+].[Br-].[Br-].[Br-]. The maximum absolute atomic E-state index is 0. The van der Waals surface area contributed by atoms with Crippen LogP contribution in [0.15, 0.2) is 0 Å². The van der Waals surface area contributed by atoms with Crippen LogP contribution in [-0.4, -0.2) is 0 Å². The summed E-state index contributed by atoms with van der Waals surface area (Å²) in [6, 6.07) is 0. The number of rotatable bonds is 0. The molecule has 0 saturated heterocycles. The Morgan fingerprint density at radius 3 is 0.500 bits per heavy atom. The Morgan fingerprint density at radius 1 is 0.500 bits per heavy atom. The molecule has 0 aromatic rings. The largest absolute Gasteiger partial charge is 1.00 e. The van der Waals surface area contributed by atoms with Crippen molar-refractivity contribution < 1.29 is 73.3 Å². The van der Waals surface area contributed by atoms with Gasteiger partial charge in [-0.25, -0.2) is 0 Å². The van der Waals surface area contributed by atoms with Crippen LogP contribution in [0.4, 0.5) is 0 Å². The van der Waals surface area contributed by atoms with Crippen molar-refractivity contribution in [3.05, 3.63) is 0 Å². The molecule has 0 N–H and O–H groups in total. The molecule has 34 valence electrons. The summed E-state index contributed by atoms with van der Waals surface area (Å²) in [4.78, 5) is 0. The van der Waals surface area contributed by atoms with E-state index in [4.69, 9.17) is 0 Å². The molecular formula is AgBr3-2. The summed E-state index contributed by atoms with van der Waals surface area (Å²) >= 11 is 0. The van der Waals surface area contributed by atoms with Crippen molar-refractivity contribution in [2.45, 2.75) is 0 Å². The Balaban J connectivity index is 0. The topological polar surface area (TPSA) is 0 Å². The maximum Gasteiger partial charge on any atom is 1.00 e. The van der Waals surface area contributed by atoms with Crippen molar-refractivity contribution in [1.82, 2.24) is 0 Å². The van der Waals surface area contributed by atoms with E-state index in [1.165, 1.54) is 0 Å². The van der Waals surface area contributed by atoms with Gasteiger partial charge in [-0.05, 0) is 0 Å². The van der Waals surface area contributed by atoms with Gasteiger partial charge in [-0.2, -0.15) is 0 Å². The van der Waals surface area contributed by atoms with Crippen molar-refractivity contribution in [1.29, 1.82) is 0 Å². The van der Waals surface area contributed by atoms with E-state index in [1.807, 2.05) is 0 Å². The zero-order valence-electron chi connectivity index (χ0n) is 1.44. The molecule has 4 heteroatoms. The monoisotopic (exact) mass is 344 g/mol. The molecular weight excluding hydrogens is 348 g/mol. The Bertz CT molecular complexity index is 3.25. The van der Waals surface area contributed by atoms with Gasteiger partial charge in [0.1, 0.15) is 0 Å². The molecule has 0 aromatic carbocycles. The fraction of sp³-hybridized carbons (Fsp3) is 0. The summed E-state index contributed by atoms with van der Waals surface area (Å²) < 4.78 is 0. The second kappa shape index (κ2) is 19.0. The van der Waals surface area contributed by atoms with Crippen LogP contribution in [0.2, 0.25) is 0 Å². The smallest absolute Gasteiger partial charge is 1.00 e. The van der Waals surface area contributed by atoms with E-state index < -0.39 is 0 Å². The van der Waals surface area contributed by atoms with E-state index in [0.717, 1.165) is 0 Å². The minimum atomic E-state index is 0. The molecule has 0 heterocycles. The van der Waals surface area contributed by atoms with Crippen LogP contribution in [0.25, 0.3) is 0 Å². The number of hydrogen-bond donors (Lipinski definition) is 0. The van der Waals surface area contributed by atoms with Crippen molar-refractivity contribution in [3.8, 4) is 0 Å². The van der Waals surface area contributed by atoms with Gasteiger partial charge >= 0.3 is 22.4 Å².